The van der Waals surface area contributed by atoms with Gasteiger partial charge in [0.15, 0.2) is 0 Å². The zero-order chi connectivity index (χ0) is 10.4. The van der Waals surface area contributed by atoms with Gasteiger partial charge in [-0.25, -0.2) is 0 Å². The molecule has 0 spiro atoms. The Labute approximate surface area is 91.8 Å². The van der Waals surface area contributed by atoms with Gasteiger partial charge in [-0.05, 0) is 6.42 Å². The molecule has 0 saturated carbocycles. The van der Waals surface area contributed by atoms with Gasteiger partial charge >= 0.3 is 0 Å². The van der Waals surface area contributed by atoms with Gasteiger partial charge in [0.1, 0.15) is 0 Å². The Balaban J connectivity index is 2.63. The van der Waals surface area contributed by atoms with Crippen molar-refractivity contribution >= 4 is 21.8 Å². The van der Waals surface area contributed by atoms with E-state index in [1.165, 1.54) is 0 Å². The monoisotopic (exact) mass is 259 g/mol. The number of nitrogens with zero attached hydrogens (tertiary/aromatic N) is 2. The number of rotatable bonds is 5. The van der Waals surface area contributed by atoms with Crippen LogP contribution >= 0.6 is 15.9 Å². The zero-order valence-corrected chi connectivity index (χ0v) is 9.75. The first-order valence-electron chi connectivity index (χ1n) is 4.63. The van der Waals surface area contributed by atoms with E-state index < -0.39 is 0 Å². The number of carbonyl (C=O) groups excluding carboxylic acids is 1. The highest BCUT2D eigenvalue weighted by molar-refractivity contribution is 9.09. The minimum Gasteiger partial charge on any atom is -0.338 e. The summed E-state index contributed by atoms with van der Waals surface area (Å²) in [5.41, 5.74) is 0.624. The molecule has 0 aliphatic heterocycles. The van der Waals surface area contributed by atoms with Crippen LogP contribution in [0.5, 0.6) is 0 Å². The number of carbonyl (C=O) groups is 1. The molecule has 1 aromatic rings. The lowest BCUT2D eigenvalue weighted by molar-refractivity contribution is 0.0766. The van der Waals surface area contributed by atoms with Crippen molar-refractivity contribution in [3.05, 3.63) is 18.0 Å². The molecule has 0 unspecified atom stereocenters. The van der Waals surface area contributed by atoms with Gasteiger partial charge in [0.25, 0.3) is 5.91 Å². The number of hydrogen-bond donors (Lipinski definition) is 1. The molecule has 0 aliphatic rings. The van der Waals surface area contributed by atoms with Gasteiger partial charge in [0.05, 0.1) is 11.8 Å². The van der Waals surface area contributed by atoms with E-state index >= 15 is 0 Å². The lowest BCUT2D eigenvalue weighted by Gasteiger charge is -2.19. The van der Waals surface area contributed by atoms with Gasteiger partial charge in [-0.3, -0.25) is 9.89 Å². The van der Waals surface area contributed by atoms with Crippen LogP contribution in [0.1, 0.15) is 23.7 Å². The van der Waals surface area contributed by atoms with Gasteiger partial charge in [-0.2, -0.15) is 5.10 Å². The van der Waals surface area contributed by atoms with Crippen LogP contribution < -0.4 is 0 Å². The average Bonchev–Trinajstić information content (AvgIpc) is 2.69. The summed E-state index contributed by atoms with van der Waals surface area (Å²) in [5, 5.41) is 7.20. The van der Waals surface area contributed by atoms with Crippen LogP contribution in [-0.4, -0.2) is 39.4 Å². The largest absolute Gasteiger partial charge is 0.338 e. The molecule has 1 aromatic heterocycles. The van der Waals surface area contributed by atoms with Gasteiger partial charge in [0.2, 0.25) is 0 Å². The summed E-state index contributed by atoms with van der Waals surface area (Å²) in [7, 11) is 0. The van der Waals surface area contributed by atoms with E-state index in [1.807, 2.05) is 4.90 Å². The molecule has 0 aromatic carbocycles. The molecule has 1 amide bonds. The van der Waals surface area contributed by atoms with Crippen molar-refractivity contribution < 1.29 is 4.79 Å². The summed E-state index contributed by atoms with van der Waals surface area (Å²) in [6.07, 6.45) is 4.15. The van der Waals surface area contributed by atoms with Gasteiger partial charge in [0, 0.05) is 24.6 Å². The molecular formula is C9H14BrN3O. The Morgan fingerprint density at radius 1 is 1.64 bits per heavy atom. The van der Waals surface area contributed by atoms with Crippen LogP contribution in [0.4, 0.5) is 0 Å². The molecule has 0 saturated heterocycles. The Hall–Kier alpha value is -0.840. The molecule has 0 atom stereocenters. The Morgan fingerprint density at radius 3 is 2.93 bits per heavy atom. The molecule has 4 nitrogen and oxygen atoms in total. The van der Waals surface area contributed by atoms with E-state index in [0.717, 1.165) is 24.8 Å². The normalized spacial score (nSPS) is 10.1. The number of aromatic amines is 1. The second-order valence-corrected chi connectivity index (χ2v) is 3.76. The predicted octanol–water partition coefficient (Wildman–Crippen LogP) is 1.66. The number of H-pyrrole nitrogens is 1. The second kappa shape index (κ2) is 5.80. The summed E-state index contributed by atoms with van der Waals surface area (Å²) < 4.78 is 0. The zero-order valence-electron chi connectivity index (χ0n) is 8.16. The van der Waals surface area contributed by atoms with Gasteiger partial charge < -0.3 is 4.90 Å². The fraction of sp³-hybridized carbons (Fsp3) is 0.556. The molecule has 0 aliphatic carbocycles. The van der Waals surface area contributed by atoms with E-state index in [1.54, 1.807) is 12.4 Å². The Morgan fingerprint density at radius 2 is 2.43 bits per heavy atom. The van der Waals surface area contributed by atoms with Crippen LogP contribution in [0.15, 0.2) is 12.4 Å². The van der Waals surface area contributed by atoms with Crippen molar-refractivity contribution in [1.82, 2.24) is 15.1 Å². The highest BCUT2D eigenvalue weighted by Gasteiger charge is 2.14. The molecule has 5 heteroatoms. The van der Waals surface area contributed by atoms with Crippen LogP contribution in [0.3, 0.4) is 0 Å². The van der Waals surface area contributed by atoms with E-state index in [9.17, 15) is 4.79 Å². The molecule has 0 fully saturated rings. The van der Waals surface area contributed by atoms with E-state index in [-0.39, 0.29) is 5.91 Å². The fourth-order valence-electron chi connectivity index (χ4n) is 1.24. The molecule has 14 heavy (non-hydrogen) atoms. The van der Waals surface area contributed by atoms with Gasteiger partial charge in [-0.15, -0.1) is 0 Å². The van der Waals surface area contributed by atoms with E-state index in [4.69, 9.17) is 0 Å². The Bertz CT molecular complexity index is 268. The third kappa shape index (κ3) is 2.83. The van der Waals surface area contributed by atoms with Crippen molar-refractivity contribution in [2.24, 2.45) is 0 Å². The highest BCUT2D eigenvalue weighted by atomic mass is 79.9. The first kappa shape index (κ1) is 11.2. The molecular weight excluding hydrogens is 246 g/mol. The Kier molecular flexibility index (Phi) is 4.65. The van der Waals surface area contributed by atoms with Crippen LogP contribution in [-0.2, 0) is 0 Å². The van der Waals surface area contributed by atoms with Crippen LogP contribution in [0, 0.1) is 0 Å². The first-order chi connectivity index (χ1) is 6.79. The van der Waals surface area contributed by atoms with E-state index in [2.05, 4.69) is 33.1 Å². The molecule has 0 bridgehead atoms. The first-order valence-corrected chi connectivity index (χ1v) is 5.75. The van der Waals surface area contributed by atoms with Crippen molar-refractivity contribution in [1.29, 1.82) is 0 Å². The molecule has 1 heterocycles. The number of hydrogen-bond acceptors (Lipinski definition) is 2. The maximum Gasteiger partial charge on any atom is 0.257 e. The summed E-state index contributed by atoms with van der Waals surface area (Å²) in [4.78, 5) is 13.6. The maximum absolute atomic E-state index is 11.8. The predicted molar refractivity (Wildman–Crippen MR) is 58.6 cm³/mol. The van der Waals surface area contributed by atoms with Crippen molar-refractivity contribution in [3.8, 4) is 0 Å². The molecule has 1 rings (SSSR count). The SMILES string of the molecule is CCCN(CCBr)C(=O)c1cn[nH]c1. The number of nitrogens with one attached hydrogen (secondary N) is 1. The number of amides is 1. The summed E-state index contributed by atoms with van der Waals surface area (Å²) in [6, 6.07) is 0. The van der Waals surface area contributed by atoms with Crippen LogP contribution in [0.2, 0.25) is 0 Å². The third-order valence-electron chi connectivity index (χ3n) is 1.88. The fourth-order valence-corrected chi connectivity index (χ4v) is 1.67. The van der Waals surface area contributed by atoms with Crippen molar-refractivity contribution in [3.63, 3.8) is 0 Å². The van der Waals surface area contributed by atoms with Crippen molar-refractivity contribution in [2.45, 2.75) is 13.3 Å². The smallest absolute Gasteiger partial charge is 0.257 e. The topological polar surface area (TPSA) is 49.0 Å². The molecule has 1 N–H and O–H groups in total. The standard InChI is InChI=1S/C9H14BrN3O/c1-2-4-13(5-3-10)9(14)8-6-11-12-7-8/h6-7H,2-5H2,1H3,(H,11,12). The van der Waals surface area contributed by atoms with Crippen LogP contribution in [0.25, 0.3) is 0 Å². The number of aromatic nitrogens is 2. The lowest BCUT2D eigenvalue weighted by Crippen LogP contribution is -2.33. The second-order valence-electron chi connectivity index (χ2n) is 2.97. The lowest BCUT2D eigenvalue weighted by atomic mass is 10.3. The number of alkyl halides is 1. The minimum absolute atomic E-state index is 0.0417. The summed E-state index contributed by atoms with van der Waals surface area (Å²) >= 11 is 3.33. The van der Waals surface area contributed by atoms with E-state index in [0.29, 0.717) is 5.56 Å². The quantitative estimate of drug-likeness (QED) is 0.818. The maximum atomic E-state index is 11.8. The third-order valence-corrected chi connectivity index (χ3v) is 2.23. The average molecular weight is 260 g/mol. The number of halogens is 1. The highest BCUT2D eigenvalue weighted by Crippen LogP contribution is 2.03. The summed E-state index contributed by atoms with van der Waals surface area (Å²) in [5.74, 6) is 0.0417. The minimum atomic E-state index is 0.0417. The van der Waals surface area contributed by atoms with Crippen molar-refractivity contribution in [2.75, 3.05) is 18.4 Å². The molecule has 0 radical (unpaired) electrons. The molecule has 78 valence electrons. The van der Waals surface area contributed by atoms with Gasteiger partial charge in [-0.1, -0.05) is 22.9 Å². The summed E-state index contributed by atoms with van der Waals surface area (Å²) in [6.45, 7) is 3.58.